The van der Waals surface area contributed by atoms with Gasteiger partial charge in [-0.25, -0.2) is 0 Å². The molecule has 0 radical (unpaired) electrons. The molecular formula is C15H19N3O3. The van der Waals surface area contributed by atoms with Crippen LogP contribution in [0.5, 0.6) is 11.5 Å². The number of benzene rings is 1. The molecule has 0 saturated carbocycles. The molecule has 0 bridgehead atoms. The average molecular weight is 289 g/mol. The zero-order valence-corrected chi connectivity index (χ0v) is 12.6. The van der Waals surface area contributed by atoms with E-state index in [4.69, 9.17) is 9.47 Å². The number of nitrogens with zero attached hydrogens (tertiary/aromatic N) is 2. The standard InChI is InChI=1S/C15H19N3O3/c1-10(11-8-16-18(2)9-11)17-15(19)12-6-5-7-13(20-3)14(12)21-4/h5-10H,1-4H3,(H,17,19). The molecule has 0 spiro atoms. The molecule has 1 amide bonds. The number of para-hydroxylation sites is 1. The summed E-state index contributed by atoms with van der Waals surface area (Å²) in [5.41, 5.74) is 1.38. The van der Waals surface area contributed by atoms with E-state index >= 15 is 0 Å². The normalized spacial score (nSPS) is 11.8. The van der Waals surface area contributed by atoms with Gasteiger partial charge in [-0.05, 0) is 19.1 Å². The first-order valence-electron chi connectivity index (χ1n) is 6.57. The summed E-state index contributed by atoms with van der Waals surface area (Å²) in [6.07, 6.45) is 3.60. The van der Waals surface area contributed by atoms with Crippen LogP contribution in [0.15, 0.2) is 30.6 Å². The van der Waals surface area contributed by atoms with Gasteiger partial charge in [0.05, 0.1) is 32.0 Å². The van der Waals surface area contributed by atoms with E-state index < -0.39 is 0 Å². The van der Waals surface area contributed by atoms with Gasteiger partial charge in [0.15, 0.2) is 11.5 Å². The highest BCUT2D eigenvalue weighted by Gasteiger charge is 2.18. The fourth-order valence-corrected chi connectivity index (χ4v) is 2.09. The number of aryl methyl sites for hydroxylation is 1. The molecule has 1 aromatic carbocycles. The smallest absolute Gasteiger partial charge is 0.255 e. The van der Waals surface area contributed by atoms with E-state index in [0.717, 1.165) is 5.56 Å². The molecule has 6 heteroatoms. The summed E-state index contributed by atoms with van der Waals surface area (Å²) in [6.45, 7) is 1.90. The second kappa shape index (κ2) is 6.30. The Labute approximate surface area is 123 Å². The first-order chi connectivity index (χ1) is 10.1. The molecule has 1 aromatic heterocycles. The first kappa shape index (κ1) is 14.9. The van der Waals surface area contributed by atoms with Gasteiger partial charge < -0.3 is 14.8 Å². The van der Waals surface area contributed by atoms with Gasteiger partial charge in [-0.1, -0.05) is 6.07 Å². The number of rotatable bonds is 5. The van der Waals surface area contributed by atoms with Gasteiger partial charge in [0, 0.05) is 18.8 Å². The Morgan fingerprint density at radius 1 is 1.33 bits per heavy atom. The lowest BCUT2D eigenvalue weighted by Crippen LogP contribution is -2.26. The van der Waals surface area contributed by atoms with E-state index in [9.17, 15) is 4.79 Å². The van der Waals surface area contributed by atoms with Crippen LogP contribution in [0, 0.1) is 0 Å². The molecule has 112 valence electrons. The van der Waals surface area contributed by atoms with E-state index in [2.05, 4.69) is 10.4 Å². The topological polar surface area (TPSA) is 65.4 Å². The third-order valence-corrected chi connectivity index (χ3v) is 3.22. The molecule has 0 fully saturated rings. The third kappa shape index (κ3) is 3.16. The molecule has 21 heavy (non-hydrogen) atoms. The van der Waals surface area contributed by atoms with Gasteiger partial charge in [-0.15, -0.1) is 0 Å². The number of nitrogens with one attached hydrogen (secondary N) is 1. The number of carbonyl (C=O) groups is 1. The quantitative estimate of drug-likeness (QED) is 0.913. The fourth-order valence-electron chi connectivity index (χ4n) is 2.09. The maximum atomic E-state index is 12.4. The number of hydrogen-bond acceptors (Lipinski definition) is 4. The number of aromatic nitrogens is 2. The van der Waals surface area contributed by atoms with Crippen LogP contribution in [0.4, 0.5) is 0 Å². The Bertz CT molecular complexity index is 637. The van der Waals surface area contributed by atoms with Crippen molar-refractivity contribution in [3.63, 3.8) is 0 Å². The van der Waals surface area contributed by atoms with E-state index in [1.807, 2.05) is 20.2 Å². The van der Waals surface area contributed by atoms with Crippen molar-refractivity contribution >= 4 is 5.91 Å². The third-order valence-electron chi connectivity index (χ3n) is 3.22. The van der Waals surface area contributed by atoms with Gasteiger partial charge in [-0.2, -0.15) is 5.10 Å². The van der Waals surface area contributed by atoms with E-state index in [-0.39, 0.29) is 11.9 Å². The molecule has 0 aliphatic heterocycles. The molecule has 1 unspecified atom stereocenters. The van der Waals surface area contributed by atoms with Crippen molar-refractivity contribution in [3.05, 3.63) is 41.7 Å². The summed E-state index contributed by atoms with van der Waals surface area (Å²) in [5.74, 6) is 0.733. The second-order valence-electron chi connectivity index (χ2n) is 4.68. The maximum absolute atomic E-state index is 12.4. The summed E-state index contributed by atoms with van der Waals surface area (Å²) >= 11 is 0. The van der Waals surface area contributed by atoms with Crippen LogP contribution >= 0.6 is 0 Å². The van der Waals surface area contributed by atoms with Crippen molar-refractivity contribution in [3.8, 4) is 11.5 Å². The molecule has 2 rings (SSSR count). The van der Waals surface area contributed by atoms with Crippen molar-refractivity contribution in [2.24, 2.45) is 7.05 Å². The van der Waals surface area contributed by atoms with Crippen molar-refractivity contribution < 1.29 is 14.3 Å². The zero-order chi connectivity index (χ0) is 15.4. The molecule has 2 aromatic rings. The second-order valence-corrected chi connectivity index (χ2v) is 4.68. The summed E-state index contributed by atoms with van der Waals surface area (Å²) in [7, 11) is 4.89. The minimum atomic E-state index is -0.220. The predicted molar refractivity (Wildman–Crippen MR) is 78.6 cm³/mol. The van der Waals surface area contributed by atoms with Crippen LogP contribution in [-0.2, 0) is 7.05 Å². The SMILES string of the molecule is COc1cccc(C(=O)NC(C)c2cnn(C)c2)c1OC. The van der Waals surface area contributed by atoms with Crippen LogP contribution in [0.25, 0.3) is 0 Å². The molecular weight excluding hydrogens is 270 g/mol. The largest absolute Gasteiger partial charge is 0.493 e. The molecule has 1 N–H and O–H groups in total. The van der Waals surface area contributed by atoms with Gasteiger partial charge in [0.1, 0.15) is 0 Å². The van der Waals surface area contributed by atoms with Gasteiger partial charge in [-0.3, -0.25) is 9.48 Å². The summed E-state index contributed by atoms with van der Waals surface area (Å²) in [5, 5.41) is 7.02. The number of hydrogen-bond donors (Lipinski definition) is 1. The molecule has 0 aliphatic carbocycles. The number of carbonyl (C=O) groups excluding carboxylic acids is 1. The van der Waals surface area contributed by atoms with Crippen molar-refractivity contribution in [2.45, 2.75) is 13.0 Å². The number of ether oxygens (including phenoxy) is 2. The fraction of sp³-hybridized carbons (Fsp3) is 0.333. The van der Waals surface area contributed by atoms with Crippen LogP contribution in [-0.4, -0.2) is 29.9 Å². The highest BCUT2D eigenvalue weighted by molar-refractivity contribution is 5.98. The first-order valence-corrected chi connectivity index (χ1v) is 6.57. The van der Waals surface area contributed by atoms with Crippen LogP contribution < -0.4 is 14.8 Å². The minimum absolute atomic E-state index is 0.151. The lowest BCUT2D eigenvalue weighted by molar-refractivity contribution is 0.0936. The van der Waals surface area contributed by atoms with Crippen molar-refractivity contribution in [1.29, 1.82) is 0 Å². The van der Waals surface area contributed by atoms with E-state index in [1.165, 1.54) is 14.2 Å². The van der Waals surface area contributed by atoms with Crippen LogP contribution in [0.2, 0.25) is 0 Å². The highest BCUT2D eigenvalue weighted by Crippen LogP contribution is 2.30. The van der Waals surface area contributed by atoms with E-state index in [1.54, 1.807) is 29.1 Å². The van der Waals surface area contributed by atoms with Gasteiger partial charge in [0.2, 0.25) is 0 Å². The lowest BCUT2D eigenvalue weighted by atomic mass is 10.1. The maximum Gasteiger partial charge on any atom is 0.255 e. The summed E-state index contributed by atoms with van der Waals surface area (Å²) in [4.78, 5) is 12.4. The van der Waals surface area contributed by atoms with Crippen molar-refractivity contribution in [2.75, 3.05) is 14.2 Å². The van der Waals surface area contributed by atoms with Gasteiger partial charge in [0.25, 0.3) is 5.91 Å². The number of methoxy groups -OCH3 is 2. The van der Waals surface area contributed by atoms with E-state index in [0.29, 0.717) is 17.1 Å². The van der Waals surface area contributed by atoms with Gasteiger partial charge >= 0.3 is 0 Å². The highest BCUT2D eigenvalue weighted by atomic mass is 16.5. The monoisotopic (exact) mass is 289 g/mol. The zero-order valence-electron chi connectivity index (χ0n) is 12.6. The summed E-state index contributed by atoms with van der Waals surface area (Å²) < 4.78 is 12.2. The Kier molecular flexibility index (Phi) is 4.47. The predicted octanol–water partition coefficient (Wildman–Crippen LogP) is 1.93. The Balaban J connectivity index is 2.20. The average Bonchev–Trinajstić information content (AvgIpc) is 2.92. The molecule has 0 saturated heterocycles. The Hall–Kier alpha value is -2.50. The Morgan fingerprint density at radius 2 is 2.10 bits per heavy atom. The summed E-state index contributed by atoms with van der Waals surface area (Å²) in [6, 6.07) is 5.06. The lowest BCUT2D eigenvalue weighted by Gasteiger charge is -2.15. The molecule has 1 atom stereocenters. The minimum Gasteiger partial charge on any atom is -0.493 e. The molecule has 6 nitrogen and oxygen atoms in total. The van der Waals surface area contributed by atoms with Crippen LogP contribution in [0.1, 0.15) is 28.9 Å². The molecule has 0 aliphatic rings. The van der Waals surface area contributed by atoms with Crippen molar-refractivity contribution in [1.82, 2.24) is 15.1 Å². The Morgan fingerprint density at radius 3 is 2.67 bits per heavy atom. The molecule has 1 heterocycles. The number of amides is 1. The van der Waals surface area contributed by atoms with Crippen LogP contribution in [0.3, 0.4) is 0 Å².